The van der Waals surface area contributed by atoms with Crippen molar-refractivity contribution in [3.05, 3.63) is 101 Å². The van der Waals surface area contributed by atoms with Gasteiger partial charge in [0.25, 0.3) is 0 Å². The molecule has 0 saturated carbocycles. The van der Waals surface area contributed by atoms with Crippen LogP contribution in [0.4, 0.5) is 0 Å². The molecule has 2 aromatic heterocycles. The van der Waals surface area contributed by atoms with Crippen molar-refractivity contribution in [1.29, 1.82) is 0 Å². The van der Waals surface area contributed by atoms with Gasteiger partial charge in [0.1, 0.15) is 5.82 Å². The van der Waals surface area contributed by atoms with Gasteiger partial charge in [-0.1, -0.05) is 67.6 Å². The summed E-state index contributed by atoms with van der Waals surface area (Å²) < 4.78 is 1.96. The molecule has 36 heavy (non-hydrogen) atoms. The van der Waals surface area contributed by atoms with E-state index in [9.17, 15) is 4.79 Å². The summed E-state index contributed by atoms with van der Waals surface area (Å²) in [6, 6.07) is 23.4. The summed E-state index contributed by atoms with van der Waals surface area (Å²) in [5.74, 6) is 1.38. The number of carboxylic acid groups (broad SMARTS) is 1. The maximum Gasteiger partial charge on any atom is 0.335 e. The van der Waals surface area contributed by atoms with Crippen LogP contribution in [-0.4, -0.2) is 46.5 Å². The highest BCUT2D eigenvalue weighted by atomic mass is 16.4. The molecule has 9 heteroatoms. The van der Waals surface area contributed by atoms with Crippen LogP contribution in [0.2, 0.25) is 0 Å². The molecule has 5 aromatic rings. The van der Waals surface area contributed by atoms with Gasteiger partial charge in [-0.05, 0) is 46.0 Å². The van der Waals surface area contributed by atoms with Crippen LogP contribution in [0.25, 0.3) is 22.5 Å². The van der Waals surface area contributed by atoms with Crippen LogP contribution >= 0.6 is 0 Å². The van der Waals surface area contributed by atoms with Crippen molar-refractivity contribution in [3.8, 4) is 22.5 Å². The fourth-order valence-electron chi connectivity index (χ4n) is 4.13. The molecule has 9 nitrogen and oxygen atoms in total. The molecule has 0 bridgehead atoms. The first-order valence-corrected chi connectivity index (χ1v) is 11.8. The summed E-state index contributed by atoms with van der Waals surface area (Å²) in [5, 5.41) is 28.2. The Bertz CT molecular complexity index is 1460. The van der Waals surface area contributed by atoms with Crippen molar-refractivity contribution in [2.45, 2.75) is 32.7 Å². The summed E-state index contributed by atoms with van der Waals surface area (Å²) in [6.45, 7) is 2.66. The third kappa shape index (κ3) is 5.05. The Morgan fingerprint density at radius 1 is 0.917 bits per heavy atom. The molecule has 0 aliphatic carbocycles. The number of aromatic amines is 1. The number of aromatic carboxylic acids is 1. The maximum absolute atomic E-state index is 11.1. The van der Waals surface area contributed by atoms with Gasteiger partial charge in [0.05, 0.1) is 12.1 Å². The maximum atomic E-state index is 11.1. The van der Waals surface area contributed by atoms with Crippen LogP contribution in [0.15, 0.2) is 72.8 Å². The molecule has 2 heterocycles. The molecule has 0 saturated heterocycles. The Hall–Kier alpha value is -4.66. The molecule has 0 spiro atoms. The van der Waals surface area contributed by atoms with E-state index in [2.05, 4.69) is 44.9 Å². The fourth-order valence-corrected chi connectivity index (χ4v) is 4.13. The predicted molar refractivity (Wildman–Crippen MR) is 134 cm³/mol. The lowest BCUT2D eigenvalue weighted by atomic mass is 9.98. The van der Waals surface area contributed by atoms with Gasteiger partial charge in [-0.25, -0.2) is 14.5 Å². The molecular weight excluding hydrogens is 454 g/mol. The van der Waals surface area contributed by atoms with E-state index in [1.54, 1.807) is 12.1 Å². The monoisotopic (exact) mass is 479 g/mol. The van der Waals surface area contributed by atoms with Crippen LogP contribution < -0.4 is 0 Å². The first kappa shape index (κ1) is 23.1. The SMILES string of the molecule is CCc1nc(CCc2ccc(C(=O)O)cc2)n(Cc2ccc(-c3ccccc3-c3nn[nH]n3)cc2)n1. The zero-order valence-electron chi connectivity index (χ0n) is 19.8. The number of carboxylic acids is 1. The summed E-state index contributed by atoms with van der Waals surface area (Å²) in [4.78, 5) is 15.8. The van der Waals surface area contributed by atoms with Crippen LogP contribution in [0.1, 0.15) is 40.1 Å². The minimum Gasteiger partial charge on any atom is -0.478 e. The second kappa shape index (κ2) is 10.3. The quantitative estimate of drug-likeness (QED) is 0.324. The van der Waals surface area contributed by atoms with Crippen LogP contribution in [-0.2, 0) is 25.8 Å². The first-order valence-electron chi connectivity index (χ1n) is 11.8. The molecule has 0 amide bonds. The Balaban J connectivity index is 1.32. The van der Waals surface area contributed by atoms with Crippen molar-refractivity contribution < 1.29 is 9.90 Å². The summed E-state index contributed by atoms with van der Waals surface area (Å²) in [6.07, 6.45) is 2.24. The number of nitrogens with zero attached hydrogens (tertiary/aromatic N) is 6. The zero-order chi connectivity index (χ0) is 24.9. The first-order chi connectivity index (χ1) is 17.6. The molecule has 5 rings (SSSR count). The number of H-pyrrole nitrogens is 1. The van der Waals surface area contributed by atoms with Gasteiger partial charge in [-0.3, -0.25) is 0 Å². The van der Waals surface area contributed by atoms with Gasteiger partial charge in [-0.2, -0.15) is 10.3 Å². The standard InChI is InChI=1S/C27H25N7O2/c1-2-24-28-25(16-11-18-7-14-21(15-8-18)27(35)36)34(31-24)17-19-9-12-20(13-10-19)22-5-3-4-6-23(22)26-29-32-33-30-26/h3-10,12-15H,2,11,16-17H2,1H3,(H,35,36)(H,29,30,32,33). The Morgan fingerprint density at radius 2 is 1.64 bits per heavy atom. The van der Waals surface area contributed by atoms with Gasteiger partial charge < -0.3 is 5.11 Å². The van der Waals surface area contributed by atoms with E-state index >= 15 is 0 Å². The Labute approximate surface area is 207 Å². The minimum absolute atomic E-state index is 0.290. The summed E-state index contributed by atoms with van der Waals surface area (Å²) in [5.41, 5.74) is 5.50. The van der Waals surface area contributed by atoms with Gasteiger partial charge in [0.2, 0.25) is 5.82 Å². The Morgan fingerprint density at radius 3 is 2.31 bits per heavy atom. The van der Waals surface area contributed by atoms with E-state index in [4.69, 9.17) is 15.2 Å². The molecule has 0 unspecified atom stereocenters. The van der Waals surface area contributed by atoms with E-state index in [0.717, 1.165) is 58.7 Å². The summed E-state index contributed by atoms with van der Waals surface area (Å²) in [7, 11) is 0. The lowest BCUT2D eigenvalue weighted by molar-refractivity contribution is 0.0697. The molecule has 0 aliphatic heterocycles. The van der Waals surface area contributed by atoms with Crippen LogP contribution in [0.5, 0.6) is 0 Å². The number of aromatic nitrogens is 7. The van der Waals surface area contributed by atoms with Crippen molar-refractivity contribution >= 4 is 5.97 Å². The number of aryl methyl sites for hydroxylation is 3. The van der Waals surface area contributed by atoms with E-state index < -0.39 is 5.97 Å². The van der Waals surface area contributed by atoms with E-state index in [1.807, 2.05) is 48.0 Å². The lowest BCUT2D eigenvalue weighted by Crippen LogP contribution is -2.08. The third-order valence-corrected chi connectivity index (χ3v) is 6.06. The molecule has 2 N–H and O–H groups in total. The highest BCUT2D eigenvalue weighted by Crippen LogP contribution is 2.29. The van der Waals surface area contributed by atoms with E-state index in [0.29, 0.717) is 17.9 Å². The number of carbonyl (C=O) groups is 1. The second-order valence-corrected chi connectivity index (χ2v) is 8.44. The van der Waals surface area contributed by atoms with Crippen LogP contribution in [0.3, 0.4) is 0 Å². The average Bonchev–Trinajstić information content (AvgIpc) is 3.58. The highest BCUT2D eigenvalue weighted by molar-refractivity contribution is 5.87. The number of hydrogen-bond donors (Lipinski definition) is 2. The van der Waals surface area contributed by atoms with Gasteiger partial charge in [0, 0.05) is 18.4 Å². The topological polar surface area (TPSA) is 122 Å². The molecule has 0 fully saturated rings. The zero-order valence-corrected chi connectivity index (χ0v) is 19.8. The molecule has 0 radical (unpaired) electrons. The van der Waals surface area contributed by atoms with Crippen molar-refractivity contribution in [2.24, 2.45) is 0 Å². The van der Waals surface area contributed by atoms with Crippen molar-refractivity contribution in [3.63, 3.8) is 0 Å². The van der Waals surface area contributed by atoms with Crippen LogP contribution in [0, 0.1) is 0 Å². The molecule has 0 aliphatic rings. The molecule has 180 valence electrons. The largest absolute Gasteiger partial charge is 0.478 e. The van der Waals surface area contributed by atoms with Crippen molar-refractivity contribution in [1.82, 2.24) is 35.4 Å². The predicted octanol–water partition coefficient (Wildman–Crippen LogP) is 4.22. The lowest BCUT2D eigenvalue weighted by Gasteiger charge is -2.09. The number of nitrogens with one attached hydrogen (secondary N) is 1. The Kier molecular flexibility index (Phi) is 6.61. The highest BCUT2D eigenvalue weighted by Gasteiger charge is 2.13. The average molecular weight is 480 g/mol. The minimum atomic E-state index is -0.918. The van der Waals surface area contributed by atoms with Gasteiger partial charge in [-0.15, -0.1) is 10.2 Å². The number of tetrazole rings is 1. The molecule has 3 aromatic carbocycles. The number of benzene rings is 3. The third-order valence-electron chi connectivity index (χ3n) is 6.06. The molecular formula is C27H25N7O2. The smallest absolute Gasteiger partial charge is 0.335 e. The number of hydrogen-bond acceptors (Lipinski definition) is 6. The fraction of sp³-hybridized carbons (Fsp3) is 0.185. The normalized spacial score (nSPS) is 11.0. The van der Waals surface area contributed by atoms with Gasteiger partial charge in [0.15, 0.2) is 5.82 Å². The molecule has 0 atom stereocenters. The van der Waals surface area contributed by atoms with E-state index in [-0.39, 0.29) is 0 Å². The number of rotatable bonds is 9. The second-order valence-electron chi connectivity index (χ2n) is 8.44. The van der Waals surface area contributed by atoms with Gasteiger partial charge >= 0.3 is 5.97 Å². The van der Waals surface area contributed by atoms with E-state index in [1.165, 1.54) is 0 Å². The van der Waals surface area contributed by atoms with Crippen molar-refractivity contribution in [2.75, 3.05) is 0 Å². The summed E-state index contributed by atoms with van der Waals surface area (Å²) >= 11 is 0.